The fraction of sp³-hybridized carbons (Fsp3) is 0.556. The molecule has 82 valence electrons. The standard InChI is InChI=1S/C9H11Cl2N3O/c1-6-5-15-3-2-14(6)8-4-7(10)12-9(11)13-8/h4,6H,2-3,5H2,1H3/t6-/m1/s1. The first-order valence-electron chi connectivity index (χ1n) is 4.71. The summed E-state index contributed by atoms with van der Waals surface area (Å²) in [5, 5.41) is 0.542. The van der Waals surface area contributed by atoms with Crippen molar-refractivity contribution in [3.05, 3.63) is 16.5 Å². The zero-order valence-corrected chi connectivity index (χ0v) is 9.79. The summed E-state index contributed by atoms with van der Waals surface area (Å²) >= 11 is 11.6. The Kier molecular flexibility index (Phi) is 3.29. The number of hydrogen-bond donors (Lipinski definition) is 0. The van der Waals surface area contributed by atoms with Crippen molar-refractivity contribution in [2.75, 3.05) is 24.7 Å². The van der Waals surface area contributed by atoms with Crippen LogP contribution in [-0.2, 0) is 4.74 Å². The van der Waals surface area contributed by atoms with Crippen molar-refractivity contribution in [1.82, 2.24) is 9.97 Å². The molecule has 0 radical (unpaired) electrons. The van der Waals surface area contributed by atoms with Crippen molar-refractivity contribution < 1.29 is 4.74 Å². The first-order chi connectivity index (χ1) is 7.16. The maximum Gasteiger partial charge on any atom is 0.225 e. The van der Waals surface area contributed by atoms with E-state index in [1.807, 2.05) is 0 Å². The van der Waals surface area contributed by atoms with Gasteiger partial charge in [0.1, 0.15) is 11.0 Å². The Hall–Kier alpha value is -0.580. The van der Waals surface area contributed by atoms with Crippen LogP contribution >= 0.6 is 23.2 Å². The summed E-state index contributed by atoms with van der Waals surface area (Å²) in [4.78, 5) is 10.1. The van der Waals surface area contributed by atoms with Crippen LogP contribution in [0.5, 0.6) is 0 Å². The summed E-state index contributed by atoms with van der Waals surface area (Å²) in [7, 11) is 0. The van der Waals surface area contributed by atoms with Gasteiger partial charge in [0.15, 0.2) is 0 Å². The normalized spacial score (nSPS) is 21.8. The molecule has 0 unspecified atom stereocenters. The fourth-order valence-corrected chi connectivity index (χ4v) is 1.99. The molecule has 4 nitrogen and oxygen atoms in total. The molecule has 0 saturated carbocycles. The molecule has 1 aliphatic heterocycles. The van der Waals surface area contributed by atoms with E-state index in [1.165, 1.54) is 0 Å². The number of aromatic nitrogens is 2. The van der Waals surface area contributed by atoms with Gasteiger partial charge in [-0.05, 0) is 18.5 Å². The second-order valence-electron chi connectivity index (χ2n) is 3.44. The van der Waals surface area contributed by atoms with Crippen LogP contribution in [0.4, 0.5) is 5.82 Å². The van der Waals surface area contributed by atoms with Crippen LogP contribution in [0.15, 0.2) is 6.07 Å². The Morgan fingerprint density at radius 3 is 2.93 bits per heavy atom. The van der Waals surface area contributed by atoms with E-state index in [0.717, 1.165) is 12.4 Å². The number of nitrogens with zero attached hydrogens (tertiary/aromatic N) is 3. The third-order valence-corrected chi connectivity index (χ3v) is 2.68. The van der Waals surface area contributed by atoms with Crippen molar-refractivity contribution in [3.8, 4) is 0 Å². The van der Waals surface area contributed by atoms with Gasteiger partial charge in [-0.25, -0.2) is 9.97 Å². The highest BCUT2D eigenvalue weighted by Gasteiger charge is 2.20. The second kappa shape index (κ2) is 4.51. The van der Waals surface area contributed by atoms with Crippen molar-refractivity contribution in [1.29, 1.82) is 0 Å². The van der Waals surface area contributed by atoms with E-state index in [4.69, 9.17) is 27.9 Å². The van der Waals surface area contributed by atoms with Gasteiger partial charge in [-0.15, -0.1) is 0 Å². The van der Waals surface area contributed by atoms with Gasteiger partial charge in [0.05, 0.1) is 19.3 Å². The van der Waals surface area contributed by atoms with Gasteiger partial charge in [-0.3, -0.25) is 0 Å². The van der Waals surface area contributed by atoms with E-state index in [0.29, 0.717) is 18.4 Å². The monoisotopic (exact) mass is 247 g/mol. The van der Waals surface area contributed by atoms with E-state index < -0.39 is 0 Å². The van der Waals surface area contributed by atoms with Crippen LogP contribution in [0, 0.1) is 0 Å². The topological polar surface area (TPSA) is 38.2 Å². The Bertz CT molecular complexity index is 341. The molecule has 2 rings (SSSR count). The number of halogens is 2. The summed E-state index contributed by atoms with van der Waals surface area (Å²) in [5.74, 6) is 0.760. The fourth-order valence-electron chi connectivity index (χ4n) is 1.59. The lowest BCUT2D eigenvalue weighted by Gasteiger charge is -2.34. The molecule has 1 saturated heterocycles. The van der Waals surface area contributed by atoms with E-state index in [1.54, 1.807) is 6.07 Å². The van der Waals surface area contributed by atoms with E-state index in [9.17, 15) is 0 Å². The molecule has 6 heteroatoms. The smallest absolute Gasteiger partial charge is 0.225 e. The molecule has 1 atom stereocenters. The number of morpholine rings is 1. The molecule has 2 heterocycles. The molecule has 0 aliphatic carbocycles. The number of anilines is 1. The van der Waals surface area contributed by atoms with Gasteiger partial charge in [0.2, 0.25) is 5.28 Å². The highest BCUT2D eigenvalue weighted by molar-refractivity contribution is 6.32. The molecule has 1 fully saturated rings. The number of hydrogen-bond acceptors (Lipinski definition) is 4. The van der Waals surface area contributed by atoms with Gasteiger partial charge < -0.3 is 9.64 Å². The van der Waals surface area contributed by atoms with Crippen molar-refractivity contribution in [2.45, 2.75) is 13.0 Å². The summed E-state index contributed by atoms with van der Waals surface area (Å²) in [6, 6.07) is 2.00. The molecule has 15 heavy (non-hydrogen) atoms. The third-order valence-electron chi connectivity index (χ3n) is 2.32. The van der Waals surface area contributed by atoms with Gasteiger partial charge in [-0.2, -0.15) is 0 Å². The lowest BCUT2D eigenvalue weighted by atomic mass is 10.2. The zero-order valence-electron chi connectivity index (χ0n) is 8.28. The summed E-state index contributed by atoms with van der Waals surface area (Å²) in [6.45, 7) is 4.26. The minimum absolute atomic E-state index is 0.177. The maximum atomic E-state index is 5.82. The predicted octanol–water partition coefficient (Wildman–Crippen LogP) is 2.01. The first-order valence-corrected chi connectivity index (χ1v) is 5.47. The number of rotatable bonds is 1. The molecule has 1 aliphatic rings. The first kappa shape index (κ1) is 10.9. The van der Waals surface area contributed by atoms with Gasteiger partial charge >= 0.3 is 0 Å². The van der Waals surface area contributed by atoms with Crippen LogP contribution in [-0.4, -0.2) is 35.8 Å². The molecule has 0 spiro atoms. The minimum atomic E-state index is 0.177. The van der Waals surface area contributed by atoms with E-state index >= 15 is 0 Å². The Labute approximate surface area is 98.2 Å². The van der Waals surface area contributed by atoms with Gasteiger partial charge in [0, 0.05) is 12.6 Å². The molecule has 1 aromatic rings. The van der Waals surface area contributed by atoms with Crippen molar-refractivity contribution >= 4 is 29.0 Å². The summed E-state index contributed by atoms with van der Waals surface area (Å²) in [5.41, 5.74) is 0. The van der Waals surface area contributed by atoms with Gasteiger partial charge in [-0.1, -0.05) is 11.6 Å². The lowest BCUT2D eigenvalue weighted by Crippen LogP contribution is -2.44. The molecular formula is C9H11Cl2N3O. The SMILES string of the molecule is C[C@@H]1COCCN1c1cc(Cl)nc(Cl)n1. The Morgan fingerprint density at radius 1 is 1.47 bits per heavy atom. The van der Waals surface area contributed by atoms with Crippen LogP contribution in [0.3, 0.4) is 0 Å². The second-order valence-corrected chi connectivity index (χ2v) is 4.16. The zero-order chi connectivity index (χ0) is 10.8. The predicted molar refractivity (Wildman–Crippen MR) is 59.7 cm³/mol. The van der Waals surface area contributed by atoms with Crippen LogP contribution in [0.2, 0.25) is 10.4 Å². The van der Waals surface area contributed by atoms with Crippen LogP contribution in [0.25, 0.3) is 0 Å². The van der Waals surface area contributed by atoms with Crippen LogP contribution < -0.4 is 4.90 Å². The summed E-state index contributed by atoms with van der Waals surface area (Å²) < 4.78 is 5.34. The summed E-state index contributed by atoms with van der Waals surface area (Å²) in [6.07, 6.45) is 0. The van der Waals surface area contributed by atoms with E-state index in [-0.39, 0.29) is 11.3 Å². The maximum absolute atomic E-state index is 5.82. The number of ether oxygens (including phenoxy) is 1. The largest absolute Gasteiger partial charge is 0.377 e. The molecule has 1 aromatic heterocycles. The van der Waals surface area contributed by atoms with E-state index in [2.05, 4.69) is 21.8 Å². The molecule has 0 N–H and O–H groups in total. The molecule has 0 aromatic carbocycles. The lowest BCUT2D eigenvalue weighted by molar-refractivity contribution is 0.0985. The van der Waals surface area contributed by atoms with Crippen molar-refractivity contribution in [2.24, 2.45) is 0 Å². The minimum Gasteiger partial charge on any atom is -0.377 e. The average Bonchev–Trinajstić information content (AvgIpc) is 2.16. The van der Waals surface area contributed by atoms with Crippen LogP contribution in [0.1, 0.15) is 6.92 Å². The average molecular weight is 248 g/mol. The Balaban J connectivity index is 2.27. The molecule has 0 bridgehead atoms. The molecular weight excluding hydrogens is 237 g/mol. The van der Waals surface area contributed by atoms with Gasteiger partial charge in [0.25, 0.3) is 0 Å². The third kappa shape index (κ3) is 2.51. The highest BCUT2D eigenvalue weighted by atomic mass is 35.5. The van der Waals surface area contributed by atoms with Crippen molar-refractivity contribution in [3.63, 3.8) is 0 Å². The highest BCUT2D eigenvalue weighted by Crippen LogP contribution is 2.21. The Morgan fingerprint density at radius 2 is 2.27 bits per heavy atom. The molecule has 0 amide bonds. The quantitative estimate of drug-likeness (QED) is 0.562.